The van der Waals surface area contributed by atoms with Crippen LogP contribution in [0.25, 0.3) is 16.9 Å². The molecule has 0 atom stereocenters. The zero-order valence-electron chi connectivity index (χ0n) is 22.5. The Hall–Kier alpha value is -4.65. The molecule has 40 heavy (non-hydrogen) atoms. The number of nitrogens with zero attached hydrogens (tertiary/aromatic N) is 6. The smallest absolute Gasteiger partial charge is 0.418 e. The van der Waals surface area contributed by atoms with E-state index >= 15 is 0 Å². The topological polar surface area (TPSA) is 100 Å². The van der Waals surface area contributed by atoms with Crippen molar-refractivity contribution in [1.29, 1.82) is 0 Å². The Bertz CT molecular complexity index is 1530. The maximum Gasteiger partial charge on any atom is 0.418 e. The minimum absolute atomic E-state index is 0.0404. The summed E-state index contributed by atoms with van der Waals surface area (Å²) in [4.78, 5) is 29.0. The van der Waals surface area contributed by atoms with Crippen molar-refractivity contribution in [2.45, 2.75) is 6.18 Å². The number of alkyl halides is 3. The summed E-state index contributed by atoms with van der Waals surface area (Å²) in [6.45, 7) is 4.96. The number of fused-ring (bicyclic) bond motifs is 1. The molecule has 2 N–H and O–H groups in total. The molecule has 0 fully saturated rings. The van der Waals surface area contributed by atoms with Gasteiger partial charge in [-0.15, -0.1) is 0 Å². The molecule has 0 bridgehead atoms. The maximum absolute atomic E-state index is 13.7. The van der Waals surface area contributed by atoms with E-state index in [0.717, 1.165) is 18.8 Å². The Kier molecular flexibility index (Phi) is 8.24. The van der Waals surface area contributed by atoms with Crippen LogP contribution in [0.3, 0.4) is 0 Å². The van der Waals surface area contributed by atoms with Gasteiger partial charge in [-0.2, -0.15) is 18.2 Å². The minimum atomic E-state index is -4.57. The van der Waals surface area contributed by atoms with Gasteiger partial charge in [-0.1, -0.05) is 6.58 Å². The Morgan fingerprint density at radius 1 is 1.12 bits per heavy atom. The summed E-state index contributed by atoms with van der Waals surface area (Å²) in [5, 5.41) is 5.83. The number of anilines is 4. The van der Waals surface area contributed by atoms with E-state index in [-0.39, 0.29) is 22.8 Å². The molecular weight excluding hydrogens is 525 g/mol. The lowest BCUT2D eigenvalue weighted by molar-refractivity contribution is -0.136. The molecule has 1 aromatic carbocycles. The Labute approximate surface area is 229 Å². The Morgan fingerprint density at radius 3 is 2.58 bits per heavy atom. The van der Waals surface area contributed by atoms with Crippen molar-refractivity contribution in [3.8, 4) is 11.6 Å². The van der Waals surface area contributed by atoms with Gasteiger partial charge in [0.1, 0.15) is 17.2 Å². The molecule has 0 unspecified atom stereocenters. The van der Waals surface area contributed by atoms with Crippen molar-refractivity contribution in [1.82, 2.24) is 24.4 Å². The number of nitrogens with one attached hydrogen (secondary N) is 2. The number of methoxy groups -OCH3 is 1. The zero-order chi connectivity index (χ0) is 29.0. The highest BCUT2D eigenvalue weighted by molar-refractivity contribution is 6.02. The van der Waals surface area contributed by atoms with E-state index in [1.54, 1.807) is 12.1 Å². The monoisotopic (exact) mass is 554 g/mol. The van der Waals surface area contributed by atoms with E-state index in [2.05, 4.69) is 32.2 Å². The predicted molar refractivity (Wildman–Crippen MR) is 149 cm³/mol. The average Bonchev–Trinajstić information content (AvgIpc) is 3.32. The van der Waals surface area contributed by atoms with E-state index in [9.17, 15) is 18.0 Å². The number of benzene rings is 1. The summed E-state index contributed by atoms with van der Waals surface area (Å²) in [5.41, 5.74) is 0.911. The fourth-order valence-corrected chi connectivity index (χ4v) is 4.03. The van der Waals surface area contributed by atoms with Crippen LogP contribution < -0.4 is 20.3 Å². The first kappa shape index (κ1) is 28.4. The van der Waals surface area contributed by atoms with Gasteiger partial charge in [-0.05, 0) is 44.4 Å². The number of hydrogen-bond acceptors (Lipinski definition) is 8. The number of rotatable bonds is 10. The van der Waals surface area contributed by atoms with E-state index in [0.29, 0.717) is 29.4 Å². The third-order valence-corrected chi connectivity index (χ3v) is 6.06. The number of carbonyl (C=O) groups is 1. The molecule has 0 radical (unpaired) electrons. The molecule has 13 heteroatoms. The second-order valence-electron chi connectivity index (χ2n) is 9.14. The number of carbonyl (C=O) groups excluding carboxylic acids is 1. The highest BCUT2D eigenvalue weighted by Gasteiger charge is 2.35. The molecule has 0 saturated carbocycles. The standard InChI is InChI=1S/C27H29F3N8O2/c1-6-24(39)33-19-14-20(22(40-5)15-21(19)37(4)13-12-36(2)3)34-26-32-11-9-23(35-26)38-16-18(27(28,29)30)17-8-7-10-31-25(17)38/h6-11,14-16H,1,12-13H2,2-5H3,(H,33,39)(H,32,34,35). The molecule has 0 spiro atoms. The van der Waals surface area contributed by atoms with Gasteiger partial charge in [0.25, 0.3) is 0 Å². The quantitative estimate of drug-likeness (QED) is 0.272. The summed E-state index contributed by atoms with van der Waals surface area (Å²) in [6.07, 6.45) is 0.398. The molecular formula is C27H29F3N8O2. The first-order chi connectivity index (χ1) is 19.0. The molecule has 4 rings (SSSR count). The van der Waals surface area contributed by atoms with Crippen LogP contribution in [0.15, 0.2) is 61.6 Å². The highest BCUT2D eigenvalue weighted by Crippen LogP contribution is 2.39. The van der Waals surface area contributed by atoms with Gasteiger partial charge in [-0.25, -0.2) is 9.97 Å². The van der Waals surface area contributed by atoms with Crippen molar-refractivity contribution in [2.75, 3.05) is 56.9 Å². The van der Waals surface area contributed by atoms with Crippen LogP contribution in [0.1, 0.15) is 5.56 Å². The van der Waals surface area contributed by atoms with Gasteiger partial charge in [0.15, 0.2) is 0 Å². The normalized spacial score (nSPS) is 11.5. The fourth-order valence-electron chi connectivity index (χ4n) is 4.03. The number of pyridine rings is 1. The maximum atomic E-state index is 13.7. The Morgan fingerprint density at radius 2 is 1.90 bits per heavy atom. The van der Waals surface area contributed by atoms with Crippen molar-refractivity contribution < 1.29 is 22.7 Å². The summed E-state index contributed by atoms with van der Waals surface area (Å²) in [6, 6.07) is 7.73. The molecule has 0 aliphatic rings. The highest BCUT2D eigenvalue weighted by atomic mass is 19.4. The van der Waals surface area contributed by atoms with Crippen LogP contribution in [-0.2, 0) is 11.0 Å². The third-order valence-electron chi connectivity index (χ3n) is 6.06. The molecule has 1 amide bonds. The number of likely N-dealkylation sites (N-methyl/N-ethyl adjacent to an activating group) is 2. The van der Waals surface area contributed by atoms with Crippen LogP contribution in [0.2, 0.25) is 0 Å². The number of hydrogen-bond donors (Lipinski definition) is 2. The van der Waals surface area contributed by atoms with Crippen molar-refractivity contribution >= 4 is 40.0 Å². The van der Waals surface area contributed by atoms with Gasteiger partial charge in [0.2, 0.25) is 11.9 Å². The van der Waals surface area contributed by atoms with Crippen molar-refractivity contribution in [3.05, 3.63) is 67.1 Å². The van der Waals surface area contributed by atoms with Crippen LogP contribution in [-0.4, -0.2) is 71.7 Å². The molecule has 0 saturated heterocycles. The van der Waals surface area contributed by atoms with Crippen molar-refractivity contribution in [2.24, 2.45) is 0 Å². The zero-order valence-corrected chi connectivity index (χ0v) is 22.5. The summed E-state index contributed by atoms with van der Waals surface area (Å²) in [5.74, 6) is 0.307. The van der Waals surface area contributed by atoms with E-state index in [1.165, 1.54) is 42.3 Å². The molecule has 4 aromatic rings. The summed E-state index contributed by atoms with van der Waals surface area (Å²) < 4.78 is 47.9. The van der Waals surface area contributed by atoms with Gasteiger partial charge in [-0.3, -0.25) is 9.36 Å². The third kappa shape index (κ3) is 6.15. The second kappa shape index (κ2) is 11.6. The molecule has 10 nitrogen and oxygen atoms in total. The SMILES string of the molecule is C=CC(=O)Nc1cc(Nc2nccc(-n3cc(C(F)(F)F)c4cccnc43)n2)c(OC)cc1N(C)CCN(C)C. The van der Waals surface area contributed by atoms with Gasteiger partial charge in [0.05, 0.1) is 29.7 Å². The lowest BCUT2D eigenvalue weighted by Crippen LogP contribution is -2.29. The number of aromatic nitrogens is 4. The Balaban J connectivity index is 1.74. The van der Waals surface area contributed by atoms with Gasteiger partial charge in [0, 0.05) is 50.2 Å². The molecule has 3 aromatic heterocycles. The number of halogens is 3. The van der Waals surface area contributed by atoms with Crippen LogP contribution in [0.5, 0.6) is 5.75 Å². The van der Waals surface area contributed by atoms with E-state index in [4.69, 9.17) is 4.74 Å². The first-order valence-corrected chi connectivity index (χ1v) is 12.2. The molecule has 210 valence electrons. The predicted octanol–water partition coefficient (Wildman–Crippen LogP) is 4.71. The molecule has 0 aliphatic carbocycles. The van der Waals surface area contributed by atoms with Crippen LogP contribution in [0, 0.1) is 0 Å². The van der Waals surface area contributed by atoms with E-state index < -0.39 is 17.6 Å². The first-order valence-electron chi connectivity index (χ1n) is 12.2. The lowest BCUT2D eigenvalue weighted by Gasteiger charge is -2.26. The van der Waals surface area contributed by atoms with Gasteiger partial charge >= 0.3 is 6.18 Å². The lowest BCUT2D eigenvalue weighted by atomic mass is 10.2. The summed E-state index contributed by atoms with van der Waals surface area (Å²) in [7, 11) is 7.32. The van der Waals surface area contributed by atoms with E-state index in [1.807, 2.05) is 30.9 Å². The fraction of sp³-hybridized carbons (Fsp3) is 0.259. The van der Waals surface area contributed by atoms with Crippen LogP contribution in [0.4, 0.5) is 36.2 Å². The second-order valence-corrected chi connectivity index (χ2v) is 9.14. The molecule has 0 aliphatic heterocycles. The van der Waals surface area contributed by atoms with Gasteiger partial charge < -0.3 is 25.2 Å². The number of amides is 1. The van der Waals surface area contributed by atoms with Crippen LogP contribution >= 0.6 is 0 Å². The van der Waals surface area contributed by atoms with Crippen molar-refractivity contribution in [3.63, 3.8) is 0 Å². The average molecular weight is 555 g/mol. The largest absolute Gasteiger partial charge is 0.494 e. The number of ether oxygens (including phenoxy) is 1. The minimum Gasteiger partial charge on any atom is -0.494 e. The summed E-state index contributed by atoms with van der Waals surface area (Å²) >= 11 is 0. The molecule has 3 heterocycles.